The molecule has 2 rings (SSSR count). The molecule has 0 saturated carbocycles. The summed E-state index contributed by atoms with van der Waals surface area (Å²) < 4.78 is 13.6. The Labute approximate surface area is 116 Å². The van der Waals surface area contributed by atoms with Crippen LogP contribution in [0.1, 0.15) is 21.5 Å². The third-order valence-corrected chi connectivity index (χ3v) is 3.26. The Morgan fingerprint density at radius 1 is 1.16 bits per heavy atom. The molecule has 0 aliphatic carbocycles. The lowest BCUT2D eigenvalue weighted by atomic mass is 10.0. The molecule has 2 aromatic rings. The molecule has 0 atom stereocenters. The quantitative estimate of drug-likeness (QED) is 0.871. The van der Waals surface area contributed by atoms with Gasteiger partial charge in [0.25, 0.3) is 0 Å². The number of nitrogens with two attached hydrogens (primary N) is 1. The normalized spacial score (nSPS) is 10.5. The lowest BCUT2D eigenvalue weighted by Gasteiger charge is -2.06. The van der Waals surface area contributed by atoms with E-state index in [9.17, 15) is 9.18 Å². The summed E-state index contributed by atoms with van der Waals surface area (Å²) in [6.45, 7) is 0.424. The van der Waals surface area contributed by atoms with Gasteiger partial charge >= 0.3 is 0 Å². The van der Waals surface area contributed by atoms with Gasteiger partial charge in [0.2, 0.25) is 0 Å². The number of hydrogen-bond donors (Lipinski definition) is 1. The molecular weight excluding hydrogens is 265 g/mol. The van der Waals surface area contributed by atoms with Gasteiger partial charge in [-0.15, -0.1) is 0 Å². The van der Waals surface area contributed by atoms with E-state index in [1.54, 1.807) is 30.3 Å². The maximum Gasteiger partial charge on any atom is 0.167 e. The molecule has 0 bridgehead atoms. The lowest BCUT2D eigenvalue weighted by Crippen LogP contribution is -2.06. The van der Waals surface area contributed by atoms with Gasteiger partial charge in [0.05, 0.1) is 0 Å². The van der Waals surface area contributed by atoms with Gasteiger partial charge in [-0.25, -0.2) is 4.39 Å². The third-order valence-electron chi connectivity index (χ3n) is 2.91. The van der Waals surface area contributed by atoms with Crippen molar-refractivity contribution >= 4 is 17.4 Å². The van der Waals surface area contributed by atoms with Crippen LogP contribution in [0.5, 0.6) is 0 Å². The first-order valence-electron chi connectivity index (χ1n) is 5.87. The van der Waals surface area contributed by atoms with Crippen LogP contribution in [0.3, 0.4) is 0 Å². The molecular formula is C15H13ClFNO. The second-order valence-electron chi connectivity index (χ2n) is 4.20. The number of hydrogen-bond acceptors (Lipinski definition) is 2. The Balaban J connectivity index is 2.20. The summed E-state index contributed by atoms with van der Waals surface area (Å²) in [5.41, 5.74) is 7.19. The first-order valence-corrected chi connectivity index (χ1v) is 6.24. The van der Waals surface area contributed by atoms with E-state index in [1.807, 2.05) is 0 Å². The molecule has 0 spiro atoms. The summed E-state index contributed by atoms with van der Waals surface area (Å²) in [6, 6.07) is 11.4. The van der Waals surface area contributed by atoms with Crippen LogP contribution in [0.2, 0.25) is 5.02 Å². The zero-order valence-corrected chi connectivity index (χ0v) is 11.0. The highest BCUT2D eigenvalue weighted by Gasteiger charge is 2.13. The zero-order valence-electron chi connectivity index (χ0n) is 10.2. The Kier molecular flexibility index (Phi) is 4.30. The zero-order chi connectivity index (χ0) is 13.8. The van der Waals surface area contributed by atoms with Crippen molar-refractivity contribution < 1.29 is 9.18 Å². The smallest absolute Gasteiger partial charge is 0.167 e. The van der Waals surface area contributed by atoms with Crippen LogP contribution in [0.15, 0.2) is 42.5 Å². The van der Waals surface area contributed by atoms with E-state index in [0.29, 0.717) is 12.1 Å². The fraction of sp³-hybridized carbons (Fsp3) is 0.133. The van der Waals surface area contributed by atoms with Gasteiger partial charge < -0.3 is 5.73 Å². The maximum absolute atomic E-state index is 13.6. The molecule has 19 heavy (non-hydrogen) atoms. The Morgan fingerprint density at radius 2 is 1.84 bits per heavy atom. The molecule has 0 aliphatic heterocycles. The maximum atomic E-state index is 13.6. The molecule has 4 heteroatoms. The van der Waals surface area contributed by atoms with E-state index in [-0.39, 0.29) is 22.8 Å². The first-order chi connectivity index (χ1) is 9.11. The van der Waals surface area contributed by atoms with Crippen molar-refractivity contribution in [2.45, 2.75) is 13.0 Å². The van der Waals surface area contributed by atoms with Crippen LogP contribution >= 0.6 is 11.6 Å². The van der Waals surface area contributed by atoms with E-state index < -0.39 is 5.82 Å². The van der Waals surface area contributed by atoms with Gasteiger partial charge in [0.15, 0.2) is 5.78 Å². The summed E-state index contributed by atoms with van der Waals surface area (Å²) in [5.74, 6) is -0.630. The summed E-state index contributed by atoms with van der Waals surface area (Å²) in [5, 5.41) is 0.270. The molecule has 2 N–H and O–H groups in total. The Morgan fingerprint density at radius 3 is 2.42 bits per heavy atom. The Bertz CT molecular complexity index is 575. The van der Waals surface area contributed by atoms with Crippen LogP contribution in [0.25, 0.3) is 0 Å². The van der Waals surface area contributed by atoms with E-state index in [4.69, 9.17) is 17.3 Å². The van der Waals surface area contributed by atoms with Crippen molar-refractivity contribution in [1.82, 2.24) is 0 Å². The summed E-state index contributed by atoms with van der Waals surface area (Å²) in [7, 11) is 0. The van der Waals surface area contributed by atoms with Crippen molar-refractivity contribution in [2.24, 2.45) is 5.73 Å². The predicted molar refractivity (Wildman–Crippen MR) is 73.8 cm³/mol. The molecule has 0 unspecified atom stereocenters. The first kappa shape index (κ1) is 13.7. The predicted octanol–water partition coefficient (Wildman–Crippen LogP) is 3.36. The van der Waals surface area contributed by atoms with E-state index in [2.05, 4.69) is 0 Å². The summed E-state index contributed by atoms with van der Waals surface area (Å²) >= 11 is 5.90. The molecule has 0 saturated heterocycles. The van der Waals surface area contributed by atoms with Crippen LogP contribution in [-0.2, 0) is 13.0 Å². The van der Waals surface area contributed by atoms with Crippen molar-refractivity contribution in [3.8, 4) is 0 Å². The van der Waals surface area contributed by atoms with Gasteiger partial charge in [0.1, 0.15) is 5.82 Å². The minimum atomic E-state index is -0.459. The largest absolute Gasteiger partial charge is 0.326 e. The fourth-order valence-electron chi connectivity index (χ4n) is 1.79. The molecule has 0 fully saturated rings. The fourth-order valence-corrected chi connectivity index (χ4v) is 2.02. The van der Waals surface area contributed by atoms with Gasteiger partial charge in [-0.3, -0.25) is 4.79 Å². The second kappa shape index (κ2) is 5.95. The minimum Gasteiger partial charge on any atom is -0.326 e. The van der Waals surface area contributed by atoms with Crippen LogP contribution < -0.4 is 5.73 Å². The van der Waals surface area contributed by atoms with Gasteiger partial charge in [0, 0.05) is 29.1 Å². The number of carbonyl (C=O) groups is 1. The van der Waals surface area contributed by atoms with Crippen molar-refractivity contribution in [3.63, 3.8) is 0 Å². The average Bonchev–Trinajstić information content (AvgIpc) is 2.43. The average molecular weight is 278 g/mol. The van der Waals surface area contributed by atoms with Gasteiger partial charge in [-0.05, 0) is 17.7 Å². The molecule has 0 aliphatic rings. The molecule has 0 aromatic heterocycles. The highest BCUT2D eigenvalue weighted by Crippen LogP contribution is 2.21. The highest BCUT2D eigenvalue weighted by atomic mass is 35.5. The molecule has 0 amide bonds. The molecule has 0 heterocycles. The van der Waals surface area contributed by atoms with Crippen molar-refractivity contribution in [3.05, 3.63) is 70.0 Å². The number of halogens is 2. The molecule has 0 radical (unpaired) electrons. The highest BCUT2D eigenvalue weighted by molar-refractivity contribution is 6.31. The van der Waals surface area contributed by atoms with Crippen LogP contribution in [0, 0.1) is 5.82 Å². The molecule has 2 aromatic carbocycles. The van der Waals surface area contributed by atoms with Gasteiger partial charge in [-0.2, -0.15) is 0 Å². The number of ketones is 1. The van der Waals surface area contributed by atoms with Crippen molar-refractivity contribution in [2.75, 3.05) is 0 Å². The third kappa shape index (κ3) is 3.19. The monoisotopic (exact) mass is 277 g/mol. The Hall–Kier alpha value is -1.71. The van der Waals surface area contributed by atoms with E-state index in [0.717, 1.165) is 5.56 Å². The second-order valence-corrected chi connectivity index (χ2v) is 4.61. The van der Waals surface area contributed by atoms with E-state index in [1.165, 1.54) is 12.1 Å². The number of benzene rings is 2. The number of rotatable bonds is 4. The minimum absolute atomic E-state index is 0.0481. The van der Waals surface area contributed by atoms with Crippen LogP contribution in [0.4, 0.5) is 4.39 Å². The van der Waals surface area contributed by atoms with Gasteiger partial charge in [-0.1, -0.05) is 41.9 Å². The summed E-state index contributed by atoms with van der Waals surface area (Å²) in [6.07, 6.45) is -0.0481. The molecule has 2 nitrogen and oxygen atoms in total. The topological polar surface area (TPSA) is 43.1 Å². The number of carbonyl (C=O) groups excluding carboxylic acids is 1. The molecule has 98 valence electrons. The number of Topliss-reactive ketones (excluding diaryl/α,β-unsaturated/α-hetero) is 1. The summed E-state index contributed by atoms with van der Waals surface area (Å²) in [4.78, 5) is 12.1. The van der Waals surface area contributed by atoms with E-state index >= 15 is 0 Å². The van der Waals surface area contributed by atoms with Crippen LogP contribution in [-0.4, -0.2) is 5.78 Å². The standard InChI is InChI=1S/C15H13ClFNO/c16-13-2-1-3-14(17)12(13)8-15(19)11-6-4-10(9-18)5-7-11/h1-7H,8-9,18H2. The van der Waals surface area contributed by atoms with Crippen molar-refractivity contribution in [1.29, 1.82) is 0 Å². The lowest BCUT2D eigenvalue weighted by molar-refractivity contribution is 0.0992. The SMILES string of the molecule is NCc1ccc(C(=O)Cc2c(F)cccc2Cl)cc1.